The second-order valence-electron chi connectivity index (χ2n) is 7.69. The number of nitrogens with zero attached hydrogens (tertiary/aromatic N) is 2. The molecule has 0 bridgehead atoms. The Morgan fingerprint density at radius 2 is 2.09 bits per heavy atom. The predicted molar refractivity (Wildman–Crippen MR) is 120 cm³/mol. The van der Waals surface area contributed by atoms with Gasteiger partial charge in [0.05, 0.1) is 11.7 Å². The van der Waals surface area contributed by atoms with Crippen molar-refractivity contribution in [1.29, 1.82) is 0 Å². The minimum atomic E-state index is -0.624. The van der Waals surface area contributed by atoms with Crippen molar-refractivity contribution in [3.8, 4) is 0 Å². The number of hydrogen-bond donors (Lipinski definition) is 1. The third kappa shape index (κ3) is 5.38. The molecule has 3 aromatic rings. The van der Waals surface area contributed by atoms with Crippen molar-refractivity contribution in [3.63, 3.8) is 0 Å². The van der Waals surface area contributed by atoms with Crippen molar-refractivity contribution in [1.82, 2.24) is 9.88 Å². The summed E-state index contributed by atoms with van der Waals surface area (Å²) >= 11 is 1.36. The molecular weight excluding hydrogens is 429 g/mol. The van der Waals surface area contributed by atoms with Gasteiger partial charge in [-0.15, -0.1) is 11.3 Å². The molecule has 1 aliphatic heterocycles. The van der Waals surface area contributed by atoms with Gasteiger partial charge in [-0.05, 0) is 49.6 Å². The fourth-order valence-electron chi connectivity index (χ4n) is 3.61. The molecular formula is C24H24FN3O3S. The highest BCUT2D eigenvalue weighted by Gasteiger charge is 2.17. The number of thiazole rings is 1. The number of carbonyl (C=O) groups is 2. The molecule has 4 rings (SSSR count). The van der Waals surface area contributed by atoms with Crippen molar-refractivity contribution >= 4 is 23.2 Å². The van der Waals surface area contributed by atoms with Gasteiger partial charge in [-0.1, -0.05) is 24.3 Å². The summed E-state index contributed by atoms with van der Waals surface area (Å²) in [5.74, 6) is -1.36. The average molecular weight is 454 g/mol. The lowest BCUT2D eigenvalue weighted by atomic mass is 10.1. The lowest BCUT2D eigenvalue weighted by molar-refractivity contribution is 0.0857. The number of nitrogens with one attached hydrogen (secondary N) is 1. The number of rotatable bonds is 6. The van der Waals surface area contributed by atoms with E-state index in [1.807, 2.05) is 35.9 Å². The summed E-state index contributed by atoms with van der Waals surface area (Å²) in [5.41, 5.74) is 1.40. The van der Waals surface area contributed by atoms with Crippen LogP contribution in [0.5, 0.6) is 0 Å². The van der Waals surface area contributed by atoms with Gasteiger partial charge in [0.1, 0.15) is 5.82 Å². The molecule has 32 heavy (non-hydrogen) atoms. The quantitative estimate of drug-likeness (QED) is 0.619. The van der Waals surface area contributed by atoms with Gasteiger partial charge in [-0.25, -0.2) is 4.39 Å². The van der Waals surface area contributed by atoms with Crippen LogP contribution in [-0.4, -0.2) is 35.6 Å². The van der Waals surface area contributed by atoms with Crippen molar-refractivity contribution in [3.05, 3.63) is 86.9 Å². The molecule has 8 heteroatoms. The maximum absolute atomic E-state index is 13.9. The summed E-state index contributed by atoms with van der Waals surface area (Å²) < 4.78 is 21.3. The van der Waals surface area contributed by atoms with E-state index in [-0.39, 0.29) is 17.6 Å². The van der Waals surface area contributed by atoms with Crippen LogP contribution >= 0.6 is 11.3 Å². The zero-order chi connectivity index (χ0) is 22.5. The molecule has 6 nitrogen and oxygen atoms in total. The Labute approximate surface area is 189 Å². The lowest BCUT2D eigenvalue weighted by Gasteiger charge is -2.11. The Bertz CT molecular complexity index is 1190. The maximum atomic E-state index is 13.9. The van der Waals surface area contributed by atoms with E-state index < -0.39 is 11.7 Å². The van der Waals surface area contributed by atoms with E-state index in [0.717, 1.165) is 29.9 Å². The molecule has 2 amide bonds. The predicted octanol–water partition coefficient (Wildman–Crippen LogP) is 3.70. The van der Waals surface area contributed by atoms with Gasteiger partial charge in [-0.2, -0.15) is 4.99 Å². The van der Waals surface area contributed by atoms with E-state index in [1.54, 1.807) is 12.1 Å². The Hall–Kier alpha value is -3.10. The highest BCUT2D eigenvalue weighted by atomic mass is 32.1. The van der Waals surface area contributed by atoms with E-state index in [0.29, 0.717) is 23.5 Å². The highest BCUT2D eigenvalue weighted by molar-refractivity contribution is 7.09. The van der Waals surface area contributed by atoms with Gasteiger partial charge in [0.2, 0.25) is 0 Å². The first kappa shape index (κ1) is 22.1. The summed E-state index contributed by atoms with van der Waals surface area (Å²) in [7, 11) is 0. The van der Waals surface area contributed by atoms with Crippen LogP contribution in [0.3, 0.4) is 0 Å². The number of carbonyl (C=O) groups excluding carboxylic acids is 2. The van der Waals surface area contributed by atoms with Crippen molar-refractivity contribution in [2.24, 2.45) is 4.99 Å². The molecule has 1 saturated heterocycles. The van der Waals surface area contributed by atoms with Crippen LogP contribution in [-0.2, 0) is 11.3 Å². The number of benzene rings is 2. The molecule has 0 radical (unpaired) electrons. The topological polar surface area (TPSA) is 72.7 Å². The van der Waals surface area contributed by atoms with Gasteiger partial charge in [0.15, 0.2) is 4.80 Å². The molecule has 1 N–H and O–H groups in total. The Kier molecular flexibility index (Phi) is 6.92. The summed E-state index contributed by atoms with van der Waals surface area (Å²) in [4.78, 5) is 30.6. The van der Waals surface area contributed by atoms with E-state index >= 15 is 0 Å². The second-order valence-corrected chi connectivity index (χ2v) is 8.91. The van der Waals surface area contributed by atoms with Gasteiger partial charge in [-0.3, -0.25) is 9.59 Å². The molecule has 0 aliphatic carbocycles. The number of amides is 2. The fourth-order valence-corrected chi connectivity index (χ4v) is 4.44. The fraction of sp³-hybridized carbons (Fsp3) is 0.292. The molecule has 2 aromatic carbocycles. The van der Waals surface area contributed by atoms with Crippen molar-refractivity contribution in [2.75, 3.05) is 13.2 Å². The van der Waals surface area contributed by atoms with E-state index in [9.17, 15) is 14.0 Å². The first-order chi connectivity index (χ1) is 15.5. The minimum absolute atomic E-state index is 0.0602. The normalized spacial score (nSPS) is 16.3. The van der Waals surface area contributed by atoms with Crippen molar-refractivity contribution < 1.29 is 18.7 Å². The van der Waals surface area contributed by atoms with Crippen LogP contribution in [0.4, 0.5) is 4.39 Å². The maximum Gasteiger partial charge on any atom is 0.282 e. The second kappa shape index (κ2) is 10.0. The third-order valence-electron chi connectivity index (χ3n) is 5.19. The first-order valence-corrected chi connectivity index (χ1v) is 11.3. The van der Waals surface area contributed by atoms with Gasteiger partial charge in [0, 0.05) is 36.3 Å². The van der Waals surface area contributed by atoms with E-state index in [4.69, 9.17) is 4.74 Å². The summed E-state index contributed by atoms with van der Waals surface area (Å²) in [6.45, 7) is 3.60. The molecule has 1 fully saturated rings. The third-order valence-corrected chi connectivity index (χ3v) is 6.13. The van der Waals surface area contributed by atoms with Crippen LogP contribution in [0.1, 0.15) is 44.0 Å². The molecule has 1 atom stereocenters. The van der Waals surface area contributed by atoms with Gasteiger partial charge >= 0.3 is 0 Å². The average Bonchev–Trinajstić information content (AvgIpc) is 3.42. The summed E-state index contributed by atoms with van der Waals surface area (Å²) in [6, 6.07) is 13.1. The SMILES string of the molecule is Cc1cn(Cc2cccc(C(=O)NC[C@@H]3CCCO3)c2)c(=NC(=O)c2ccccc2F)s1. The van der Waals surface area contributed by atoms with Crippen LogP contribution in [0.15, 0.2) is 59.7 Å². The molecule has 0 spiro atoms. The molecule has 0 unspecified atom stereocenters. The largest absolute Gasteiger partial charge is 0.376 e. The van der Waals surface area contributed by atoms with Gasteiger partial charge in [0.25, 0.3) is 11.8 Å². The smallest absolute Gasteiger partial charge is 0.282 e. The Balaban J connectivity index is 1.51. The Morgan fingerprint density at radius 1 is 1.25 bits per heavy atom. The van der Waals surface area contributed by atoms with Crippen LogP contribution < -0.4 is 10.1 Å². The van der Waals surface area contributed by atoms with E-state index in [2.05, 4.69) is 10.3 Å². The molecule has 0 saturated carbocycles. The van der Waals surface area contributed by atoms with E-state index in [1.165, 1.54) is 29.5 Å². The molecule has 2 heterocycles. The zero-order valence-corrected chi connectivity index (χ0v) is 18.5. The van der Waals surface area contributed by atoms with Crippen molar-refractivity contribution in [2.45, 2.75) is 32.4 Å². The number of aryl methyl sites for hydroxylation is 1. The Morgan fingerprint density at radius 3 is 2.88 bits per heavy atom. The van der Waals surface area contributed by atoms with Crippen LogP contribution in [0.25, 0.3) is 0 Å². The zero-order valence-electron chi connectivity index (χ0n) is 17.7. The van der Waals surface area contributed by atoms with Crippen LogP contribution in [0, 0.1) is 12.7 Å². The molecule has 1 aliphatic rings. The summed E-state index contributed by atoms with van der Waals surface area (Å²) in [6.07, 6.45) is 3.97. The highest BCUT2D eigenvalue weighted by Crippen LogP contribution is 2.13. The minimum Gasteiger partial charge on any atom is -0.376 e. The number of aromatic nitrogens is 1. The monoisotopic (exact) mass is 453 g/mol. The first-order valence-electron chi connectivity index (χ1n) is 10.5. The molecule has 1 aromatic heterocycles. The van der Waals surface area contributed by atoms with Gasteiger partial charge < -0.3 is 14.6 Å². The summed E-state index contributed by atoms with van der Waals surface area (Å²) in [5, 5.41) is 2.93. The van der Waals surface area contributed by atoms with Crippen LogP contribution in [0.2, 0.25) is 0 Å². The standard InChI is InChI=1S/C24H24FN3O3S/c1-16-14-28(24(32-16)27-23(30)20-9-2-3-10-21(20)25)15-17-6-4-7-18(12-17)22(29)26-13-19-8-5-11-31-19/h2-4,6-7,9-10,12,14,19H,5,8,11,13,15H2,1H3,(H,26,29)/t19-/m0/s1. The number of hydrogen-bond acceptors (Lipinski definition) is 4. The number of ether oxygens (including phenoxy) is 1. The lowest BCUT2D eigenvalue weighted by Crippen LogP contribution is -2.31. The molecule has 166 valence electrons. The number of halogens is 1.